The van der Waals surface area contributed by atoms with Crippen LogP contribution in [0.4, 0.5) is 0 Å². The highest BCUT2D eigenvalue weighted by Gasteiger charge is 2.30. The minimum atomic E-state index is -0.671. The minimum Gasteiger partial charge on any atom is -0.354 e. The van der Waals surface area contributed by atoms with Gasteiger partial charge in [-0.15, -0.1) is 11.8 Å². The molecule has 3 rings (SSSR count). The van der Waals surface area contributed by atoms with E-state index in [1.165, 1.54) is 16.7 Å². The Hall–Kier alpha value is -2.47. The second-order valence-corrected chi connectivity index (χ2v) is 11.1. The van der Waals surface area contributed by atoms with Crippen LogP contribution < -0.4 is 5.32 Å². The molecule has 7 heteroatoms. The maximum Gasteiger partial charge on any atom is 0.243 e. The van der Waals surface area contributed by atoms with E-state index >= 15 is 0 Å². The monoisotopic (exact) mass is 556 g/mol. The molecule has 0 spiro atoms. The molecule has 0 heterocycles. The molecular weight excluding hydrogens is 523 g/mol. The van der Waals surface area contributed by atoms with Gasteiger partial charge in [0.1, 0.15) is 6.04 Å². The zero-order valence-electron chi connectivity index (χ0n) is 21.6. The van der Waals surface area contributed by atoms with Crippen molar-refractivity contribution in [3.8, 4) is 0 Å². The third-order valence-electron chi connectivity index (χ3n) is 5.95. The number of carbonyl (C=O) groups is 2. The lowest BCUT2D eigenvalue weighted by Crippen LogP contribution is -2.51. The number of amides is 2. The molecule has 0 aliphatic rings. The highest BCUT2D eigenvalue weighted by Crippen LogP contribution is 2.25. The van der Waals surface area contributed by atoms with Crippen LogP contribution in [0.25, 0.3) is 0 Å². The molecule has 1 atom stereocenters. The lowest BCUT2D eigenvalue weighted by molar-refractivity contribution is -0.139. The lowest BCUT2D eigenvalue weighted by atomic mass is 10.0. The fourth-order valence-electron chi connectivity index (χ4n) is 4.24. The number of hydrogen-bond donors (Lipinski definition) is 1. The van der Waals surface area contributed by atoms with E-state index in [1.54, 1.807) is 28.8 Å². The molecular formula is C30H34Cl2N2O2S. The zero-order valence-corrected chi connectivity index (χ0v) is 23.9. The molecule has 0 aliphatic carbocycles. The van der Waals surface area contributed by atoms with Crippen molar-refractivity contribution in [2.45, 2.75) is 52.0 Å². The summed E-state index contributed by atoms with van der Waals surface area (Å²) in [5.74, 6) is 0.705. The predicted molar refractivity (Wildman–Crippen MR) is 156 cm³/mol. The van der Waals surface area contributed by atoms with Crippen LogP contribution in [0, 0.1) is 13.8 Å². The first kappa shape index (κ1) is 29.1. The number of carbonyl (C=O) groups excluding carboxylic acids is 2. The number of rotatable bonds is 12. The number of benzene rings is 3. The fourth-order valence-corrected chi connectivity index (χ4v) is 5.56. The Balaban J connectivity index is 1.87. The molecule has 2 amide bonds. The molecule has 0 fully saturated rings. The topological polar surface area (TPSA) is 49.4 Å². The van der Waals surface area contributed by atoms with Crippen molar-refractivity contribution in [3.63, 3.8) is 0 Å². The first-order valence-electron chi connectivity index (χ1n) is 12.5. The van der Waals surface area contributed by atoms with Crippen LogP contribution in [0.3, 0.4) is 0 Å². The van der Waals surface area contributed by atoms with Gasteiger partial charge < -0.3 is 10.2 Å². The average Bonchev–Trinajstić information content (AvgIpc) is 2.85. The van der Waals surface area contributed by atoms with Crippen LogP contribution in [-0.4, -0.2) is 35.1 Å². The summed E-state index contributed by atoms with van der Waals surface area (Å²) in [4.78, 5) is 28.8. The minimum absolute atomic E-state index is 0.104. The number of nitrogens with zero attached hydrogens (tertiary/aromatic N) is 1. The molecule has 0 radical (unpaired) electrons. The first-order valence-corrected chi connectivity index (χ1v) is 14.4. The van der Waals surface area contributed by atoms with Crippen molar-refractivity contribution in [3.05, 3.63) is 105 Å². The summed E-state index contributed by atoms with van der Waals surface area (Å²) < 4.78 is 0. The van der Waals surface area contributed by atoms with Crippen molar-refractivity contribution >= 4 is 46.8 Å². The SMILES string of the molecule is CCCNC(=O)[C@@H](Cc1ccccc1)N(Cc1ccc(Cl)cc1Cl)C(=O)CSCc1cc(C)cc(C)c1. The Bertz CT molecular complexity index is 1180. The number of thioether (sulfide) groups is 1. The van der Waals surface area contributed by atoms with Crippen LogP contribution in [0.5, 0.6) is 0 Å². The van der Waals surface area contributed by atoms with Gasteiger partial charge in [0.05, 0.1) is 5.75 Å². The predicted octanol–water partition coefficient (Wildman–Crippen LogP) is 7.01. The summed E-state index contributed by atoms with van der Waals surface area (Å²) in [6.07, 6.45) is 1.22. The van der Waals surface area contributed by atoms with Crippen LogP contribution in [0.15, 0.2) is 66.7 Å². The van der Waals surface area contributed by atoms with Gasteiger partial charge in [-0.1, -0.05) is 95.8 Å². The molecule has 1 N–H and O–H groups in total. The third kappa shape index (κ3) is 9.10. The van der Waals surface area contributed by atoms with Crippen molar-refractivity contribution in [2.24, 2.45) is 0 Å². The number of halogens is 2. The van der Waals surface area contributed by atoms with Gasteiger partial charge in [0, 0.05) is 35.3 Å². The van der Waals surface area contributed by atoms with Crippen molar-refractivity contribution < 1.29 is 9.59 Å². The van der Waals surface area contributed by atoms with Crippen LogP contribution in [0.2, 0.25) is 10.0 Å². The Morgan fingerprint density at radius 2 is 1.65 bits per heavy atom. The molecule has 196 valence electrons. The second kappa shape index (κ2) is 14.5. The zero-order chi connectivity index (χ0) is 26.8. The van der Waals surface area contributed by atoms with Crippen LogP contribution in [0.1, 0.15) is 41.2 Å². The van der Waals surface area contributed by atoms with Gasteiger partial charge in [0.25, 0.3) is 0 Å². The largest absolute Gasteiger partial charge is 0.354 e. The van der Waals surface area contributed by atoms with Gasteiger partial charge in [-0.3, -0.25) is 9.59 Å². The van der Waals surface area contributed by atoms with E-state index in [4.69, 9.17) is 23.2 Å². The van der Waals surface area contributed by atoms with Gasteiger partial charge in [-0.25, -0.2) is 0 Å². The Morgan fingerprint density at radius 3 is 2.30 bits per heavy atom. The lowest BCUT2D eigenvalue weighted by Gasteiger charge is -2.32. The van der Waals surface area contributed by atoms with Crippen molar-refractivity contribution in [2.75, 3.05) is 12.3 Å². The molecule has 0 aliphatic heterocycles. The Labute approximate surface area is 234 Å². The van der Waals surface area contributed by atoms with E-state index < -0.39 is 6.04 Å². The van der Waals surface area contributed by atoms with Crippen molar-refractivity contribution in [1.29, 1.82) is 0 Å². The molecule has 0 bridgehead atoms. The highest BCUT2D eigenvalue weighted by molar-refractivity contribution is 7.99. The van der Waals surface area contributed by atoms with Crippen LogP contribution in [-0.2, 0) is 28.3 Å². The highest BCUT2D eigenvalue weighted by atomic mass is 35.5. The smallest absolute Gasteiger partial charge is 0.243 e. The summed E-state index contributed by atoms with van der Waals surface area (Å²) in [5, 5.41) is 4.00. The standard InChI is InChI=1S/C30H34Cl2N2O2S/c1-4-12-33-30(36)28(16-23-8-6-5-7-9-23)34(18-25-10-11-26(31)17-27(25)32)29(35)20-37-19-24-14-21(2)13-22(3)15-24/h5-11,13-15,17,28H,4,12,16,18-20H2,1-3H3,(H,33,36)/t28-/m1/s1. The molecule has 37 heavy (non-hydrogen) atoms. The summed E-state index contributed by atoms with van der Waals surface area (Å²) in [6.45, 7) is 6.93. The maximum absolute atomic E-state index is 13.7. The average molecular weight is 558 g/mol. The maximum atomic E-state index is 13.7. The Morgan fingerprint density at radius 1 is 0.946 bits per heavy atom. The van der Waals surface area contributed by atoms with Gasteiger partial charge in [-0.05, 0) is 49.1 Å². The van der Waals surface area contributed by atoms with Gasteiger partial charge in [0.15, 0.2) is 0 Å². The molecule has 0 saturated heterocycles. The normalized spacial score (nSPS) is 11.7. The van der Waals surface area contributed by atoms with E-state index in [-0.39, 0.29) is 24.1 Å². The first-order chi connectivity index (χ1) is 17.8. The van der Waals surface area contributed by atoms with E-state index in [1.807, 2.05) is 43.3 Å². The molecule has 4 nitrogen and oxygen atoms in total. The summed E-state index contributed by atoms with van der Waals surface area (Å²) in [5.41, 5.74) is 5.33. The number of hydrogen-bond acceptors (Lipinski definition) is 3. The van der Waals surface area contributed by atoms with Crippen LogP contribution >= 0.6 is 35.0 Å². The van der Waals surface area contributed by atoms with E-state index in [9.17, 15) is 9.59 Å². The van der Waals surface area contributed by atoms with Gasteiger partial charge in [0.2, 0.25) is 11.8 Å². The quantitative estimate of drug-likeness (QED) is 0.261. The summed E-state index contributed by atoms with van der Waals surface area (Å²) >= 11 is 14.2. The van der Waals surface area contributed by atoms with E-state index in [0.29, 0.717) is 23.0 Å². The number of nitrogens with one attached hydrogen (secondary N) is 1. The summed E-state index contributed by atoms with van der Waals surface area (Å²) in [7, 11) is 0. The fraction of sp³-hybridized carbons (Fsp3) is 0.333. The van der Waals surface area contributed by atoms with Gasteiger partial charge in [-0.2, -0.15) is 0 Å². The molecule has 0 unspecified atom stereocenters. The number of aryl methyl sites for hydroxylation is 2. The van der Waals surface area contributed by atoms with E-state index in [0.717, 1.165) is 23.3 Å². The molecule has 0 saturated carbocycles. The van der Waals surface area contributed by atoms with Crippen molar-refractivity contribution in [1.82, 2.24) is 10.2 Å². The Kier molecular flexibility index (Phi) is 11.4. The van der Waals surface area contributed by atoms with E-state index in [2.05, 4.69) is 37.4 Å². The molecule has 3 aromatic rings. The molecule has 3 aromatic carbocycles. The molecule has 0 aromatic heterocycles. The third-order valence-corrected chi connectivity index (χ3v) is 7.53. The summed E-state index contributed by atoms with van der Waals surface area (Å²) in [6, 6.07) is 20.8. The second-order valence-electron chi connectivity index (χ2n) is 9.24. The van der Waals surface area contributed by atoms with Gasteiger partial charge >= 0.3 is 0 Å².